The first-order valence-electron chi connectivity index (χ1n) is 19.8. The van der Waals surface area contributed by atoms with Gasteiger partial charge in [-0.2, -0.15) is 9.78 Å². The molecule has 3 heterocycles. The third kappa shape index (κ3) is 6.82. The van der Waals surface area contributed by atoms with Crippen molar-refractivity contribution in [1.82, 2.24) is 14.7 Å². The summed E-state index contributed by atoms with van der Waals surface area (Å²) in [6.45, 7) is 7.37. The van der Waals surface area contributed by atoms with E-state index < -0.39 is 19.8 Å². The summed E-state index contributed by atoms with van der Waals surface area (Å²) in [5, 5.41) is 17.0. The molecule has 296 valence electrons. The number of para-hydroxylation sites is 1. The van der Waals surface area contributed by atoms with Crippen molar-refractivity contribution in [1.29, 1.82) is 0 Å². The van der Waals surface area contributed by atoms with Gasteiger partial charge in [0.1, 0.15) is 5.75 Å². The van der Waals surface area contributed by atoms with E-state index in [1.54, 1.807) is 29.2 Å². The summed E-state index contributed by atoms with van der Waals surface area (Å²) in [7, 11) is -0.860. The number of aliphatic hydroxyl groups is 1. The van der Waals surface area contributed by atoms with Crippen molar-refractivity contribution in [3.05, 3.63) is 161 Å². The molecule has 1 fully saturated rings. The number of fused-ring (bicyclic) bond motifs is 3. The van der Waals surface area contributed by atoms with Gasteiger partial charge in [-0.1, -0.05) is 116 Å². The number of aliphatic hydroxyl groups excluding tert-OH is 1. The van der Waals surface area contributed by atoms with Gasteiger partial charge in [0.2, 0.25) is 5.91 Å². The maximum atomic E-state index is 15.3. The molecule has 1 spiro atoms. The van der Waals surface area contributed by atoms with Crippen LogP contribution in [0.1, 0.15) is 30.0 Å². The van der Waals surface area contributed by atoms with Crippen LogP contribution in [0.4, 0.5) is 5.69 Å². The molecule has 0 unspecified atom stereocenters. The fraction of sp³-hybridized carbons (Fsp3) is 0.277. The quantitative estimate of drug-likeness (QED) is 0.140. The second kappa shape index (κ2) is 15.8. The maximum Gasteiger partial charge on any atom is 0.279 e. The highest BCUT2D eigenvalue weighted by Crippen LogP contribution is 2.60. The molecule has 2 aliphatic rings. The molecule has 10 nitrogen and oxygen atoms in total. The molecule has 1 aromatic heterocycles. The highest BCUT2D eigenvalue weighted by molar-refractivity contribution is 6.91. The lowest BCUT2D eigenvalue weighted by molar-refractivity contribution is -0.150. The monoisotopic (exact) mass is 792 g/mol. The van der Waals surface area contributed by atoms with Gasteiger partial charge in [-0.25, -0.2) is 0 Å². The Morgan fingerprint density at radius 3 is 2.29 bits per heavy atom. The van der Waals surface area contributed by atoms with Gasteiger partial charge in [0, 0.05) is 30.0 Å². The van der Waals surface area contributed by atoms with E-state index >= 15 is 4.79 Å². The van der Waals surface area contributed by atoms with Crippen LogP contribution in [0.3, 0.4) is 0 Å². The Kier molecular flexibility index (Phi) is 10.6. The largest absolute Gasteiger partial charge is 0.497 e. The first-order chi connectivity index (χ1) is 28.1. The normalized spacial score (nSPS) is 20.1. The highest BCUT2D eigenvalue weighted by Gasteiger charge is 2.66. The minimum absolute atomic E-state index is 0.0647. The van der Waals surface area contributed by atoms with Crippen LogP contribution < -0.4 is 20.4 Å². The van der Waals surface area contributed by atoms with Crippen LogP contribution in [0.5, 0.6) is 5.75 Å². The Hall–Kier alpha value is -5.88. The predicted molar refractivity (Wildman–Crippen MR) is 228 cm³/mol. The molecule has 0 radical (unpaired) electrons. The highest BCUT2D eigenvalue weighted by atomic mass is 28.3. The second-order valence-corrected chi connectivity index (χ2v) is 20.6. The third-order valence-corrected chi connectivity index (χ3v) is 16.6. The zero-order valence-electron chi connectivity index (χ0n) is 33.2. The summed E-state index contributed by atoms with van der Waals surface area (Å²) >= 11 is 0. The van der Waals surface area contributed by atoms with E-state index in [9.17, 15) is 14.7 Å². The second-order valence-electron chi connectivity index (χ2n) is 15.9. The molecule has 4 atom stereocenters. The van der Waals surface area contributed by atoms with Gasteiger partial charge in [-0.05, 0) is 53.1 Å². The van der Waals surface area contributed by atoms with Crippen molar-refractivity contribution in [2.45, 2.75) is 56.8 Å². The fourth-order valence-corrected chi connectivity index (χ4v) is 13.4. The molecule has 5 aromatic carbocycles. The number of ether oxygens (including phenoxy) is 2. The van der Waals surface area contributed by atoms with Gasteiger partial charge in [0.25, 0.3) is 11.5 Å². The van der Waals surface area contributed by atoms with Crippen LogP contribution >= 0.6 is 0 Å². The number of amides is 2. The Morgan fingerprint density at radius 1 is 0.879 bits per heavy atom. The summed E-state index contributed by atoms with van der Waals surface area (Å²) in [4.78, 5) is 46.4. The zero-order valence-corrected chi connectivity index (χ0v) is 34.2. The van der Waals surface area contributed by atoms with Crippen molar-refractivity contribution in [2.75, 3.05) is 25.2 Å². The molecule has 8 rings (SSSR count). The molecule has 2 aliphatic heterocycles. The van der Waals surface area contributed by atoms with Crippen molar-refractivity contribution < 1.29 is 24.2 Å². The summed E-state index contributed by atoms with van der Waals surface area (Å²) in [6.07, 6.45) is 1.18. The average molecular weight is 793 g/mol. The first-order valence-corrected chi connectivity index (χ1v) is 22.9. The van der Waals surface area contributed by atoms with Gasteiger partial charge < -0.3 is 24.4 Å². The summed E-state index contributed by atoms with van der Waals surface area (Å²) < 4.78 is 14.1. The van der Waals surface area contributed by atoms with Crippen molar-refractivity contribution >= 4 is 41.5 Å². The third-order valence-electron chi connectivity index (χ3n) is 12.3. The van der Waals surface area contributed by atoms with Crippen LogP contribution in [0.15, 0.2) is 138 Å². The van der Waals surface area contributed by atoms with Gasteiger partial charge in [-0.3, -0.25) is 14.4 Å². The molecule has 0 saturated carbocycles. The van der Waals surface area contributed by atoms with Crippen LogP contribution in [0.25, 0.3) is 16.5 Å². The molecule has 58 heavy (non-hydrogen) atoms. The topological polar surface area (TPSA) is 114 Å². The maximum absolute atomic E-state index is 15.3. The number of nitrogens with zero attached hydrogens (tertiary/aromatic N) is 4. The Bertz CT molecular complexity index is 2510. The number of rotatable bonds is 12. The minimum Gasteiger partial charge on any atom is -0.497 e. The lowest BCUT2D eigenvalue weighted by Crippen LogP contribution is -2.52. The number of anilines is 1. The lowest BCUT2D eigenvalue weighted by Gasteiger charge is -2.37. The van der Waals surface area contributed by atoms with Gasteiger partial charge in [-0.15, -0.1) is 0 Å². The number of hydrogen-bond acceptors (Lipinski definition) is 7. The number of carbonyl (C=O) groups is 2. The van der Waals surface area contributed by atoms with Crippen LogP contribution in [-0.2, 0) is 33.0 Å². The number of carbonyl (C=O) groups excluding carboxylic acids is 2. The number of benzene rings is 5. The van der Waals surface area contributed by atoms with E-state index in [1.807, 2.05) is 109 Å². The zero-order chi connectivity index (χ0) is 40.6. The molecule has 6 aromatic rings. The molecule has 1 N–H and O–H groups in total. The lowest BCUT2D eigenvalue weighted by atomic mass is 9.82. The number of aromatic nitrogens is 2. The van der Waals surface area contributed by atoms with E-state index in [1.165, 1.54) is 9.87 Å². The van der Waals surface area contributed by atoms with E-state index in [-0.39, 0.29) is 54.9 Å². The molecule has 0 bridgehead atoms. The molecule has 0 aliphatic carbocycles. The van der Waals surface area contributed by atoms with E-state index in [4.69, 9.17) is 9.47 Å². The van der Waals surface area contributed by atoms with E-state index in [2.05, 4.69) is 37.2 Å². The first kappa shape index (κ1) is 39.0. The van der Waals surface area contributed by atoms with Crippen LogP contribution in [0, 0.1) is 5.92 Å². The molecule has 1 saturated heterocycles. The summed E-state index contributed by atoms with van der Waals surface area (Å²) in [6, 6.07) is 40.7. The smallest absolute Gasteiger partial charge is 0.279 e. The van der Waals surface area contributed by atoms with Crippen molar-refractivity contribution in [3.8, 4) is 11.4 Å². The van der Waals surface area contributed by atoms with Crippen molar-refractivity contribution in [2.24, 2.45) is 5.92 Å². The Labute approximate surface area is 339 Å². The molecule has 11 heteroatoms. The SMILES string of the molecule is COc1ccc([Si](C)(C)[C@@H]2[C@@H](CC(=O)N(CCO)Cc3ccccc3)O[C@]3(C(=O)N(Cc4ccc(-n5ncc6ccccc6c5=O)cc4)c4ccccc43)[C@H]2C)cc1. The number of methoxy groups -OCH3 is 1. The Balaban J connectivity index is 1.14. The van der Waals surface area contributed by atoms with Gasteiger partial charge >= 0.3 is 0 Å². The van der Waals surface area contributed by atoms with E-state index in [0.717, 1.165) is 33.5 Å². The van der Waals surface area contributed by atoms with Gasteiger partial charge in [0.05, 0.1) is 63.8 Å². The average Bonchev–Trinajstić information content (AvgIpc) is 3.67. The van der Waals surface area contributed by atoms with E-state index in [0.29, 0.717) is 17.6 Å². The number of hydrogen-bond donors (Lipinski definition) is 1. The summed E-state index contributed by atoms with van der Waals surface area (Å²) in [5.74, 6) is 0.180. The standard InChI is InChI=1S/C47H48N4O6Si/c1-32-44(58(3,4)38-24-22-37(56-2)23-25-38)42(28-43(53)49(26-27-52)30-33-12-6-5-7-13-33)57-47(32)40-16-10-11-17-41(40)50(46(47)55)31-34-18-20-36(21-19-34)51-45(54)39-15-9-8-14-35(39)29-48-51/h5-25,29,32,42,44,52H,26-28,30-31H2,1-4H3/t32-,42+,44-,47+/m0/s1. The van der Waals surface area contributed by atoms with Crippen LogP contribution in [-0.4, -0.2) is 66.0 Å². The Morgan fingerprint density at radius 2 is 1.57 bits per heavy atom. The van der Waals surface area contributed by atoms with Gasteiger partial charge in [0.15, 0.2) is 5.60 Å². The molecular weight excluding hydrogens is 745 g/mol. The molecule has 2 amide bonds. The molecular formula is C47H48N4O6Si. The van der Waals surface area contributed by atoms with Crippen molar-refractivity contribution in [3.63, 3.8) is 0 Å². The van der Waals surface area contributed by atoms with Crippen LogP contribution in [0.2, 0.25) is 18.6 Å². The minimum atomic E-state index is -2.51. The fourth-order valence-electron chi connectivity index (χ4n) is 9.34. The predicted octanol–water partition coefficient (Wildman–Crippen LogP) is 6.57. The summed E-state index contributed by atoms with van der Waals surface area (Å²) in [5.41, 5.74) is 2.37.